The first kappa shape index (κ1) is 11.8. The lowest BCUT2D eigenvalue weighted by molar-refractivity contribution is 0.0750. The zero-order chi connectivity index (χ0) is 12.1. The Morgan fingerprint density at radius 1 is 1.35 bits per heavy atom. The van der Waals surface area contributed by atoms with Crippen molar-refractivity contribution >= 4 is 11.7 Å². The molecular formula is C11H17N5O. The van der Waals surface area contributed by atoms with Crippen LogP contribution in [-0.2, 0) is 0 Å². The molecule has 0 saturated carbocycles. The van der Waals surface area contributed by atoms with E-state index in [0.717, 1.165) is 25.9 Å². The Kier molecular flexibility index (Phi) is 3.89. The minimum Gasteiger partial charge on any atom is -0.308 e. The molecule has 2 heterocycles. The fourth-order valence-corrected chi connectivity index (χ4v) is 1.86. The summed E-state index contributed by atoms with van der Waals surface area (Å²) in [4.78, 5) is 15.9. The van der Waals surface area contributed by atoms with Crippen molar-refractivity contribution in [3.63, 3.8) is 0 Å². The van der Waals surface area contributed by atoms with Gasteiger partial charge in [-0.15, -0.1) is 0 Å². The highest BCUT2D eigenvalue weighted by Gasteiger charge is 2.14. The summed E-state index contributed by atoms with van der Waals surface area (Å²) in [5.74, 6) is 5.61. The molecule has 1 aliphatic rings. The molecule has 0 bridgehead atoms. The van der Waals surface area contributed by atoms with Gasteiger partial charge in [-0.1, -0.05) is 6.42 Å². The van der Waals surface area contributed by atoms with Crippen molar-refractivity contribution < 1.29 is 4.79 Å². The van der Waals surface area contributed by atoms with Gasteiger partial charge in [0.25, 0.3) is 5.91 Å². The van der Waals surface area contributed by atoms with E-state index in [1.54, 1.807) is 18.3 Å². The number of nitrogens with two attached hydrogens (primary N) is 1. The second-order valence-electron chi connectivity index (χ2n) is 4.06. The lowest BCUT2D eigenvalue weighted by Gasteiger charge is -2.26. The Hall–Kier alpha value is -1.66. The molecule has 0 aromatic carbocycles. The summed E-state index contributed by atoms with van der Waals surface area (Å²) in [6, 6.07) is 3.29. The molecule has 0 aliphatic carbocycles. The molecule has 1 aromatic rings. The summed E-state index contributed by atoms with van der Waals surface area (Å²) in [5.41, 5.74) is 5.86. The number of carbonyl (C=O) groups is 1. The Balaban J connectivity index is 1.98. The maximum absolute atomic E-state index is 11.9. The Labute approximate surface area is 100 Å². The van der Waals surface area contributed by atoms with Crippen molar-refractivity contribution in [1.82, 2.24) is 15.4 Å². The van der Waals surface area contributed by atoms with Crippen molar-refractivity contribution in [2.24, 2.45) is 5.84 Å². The average molecular weight is 235 g/mol. The average Bonchev–Trinajstić information content (AvgIpc) is 2.40. The summed E-state index contributed by atoms with van der Waals surface area (Å²) in [6.45, 7) is 1.83. The maximum atomic E-state index is 11.9. The van der Waals surface area contributed by atoms with E-state index in [1.165, 1.54) is 6.42 Å². The number of piperidine rings is 1. The molecule has 2 rings (SSSR count). The van der Waals surface area contributed by atoms with Crippen molar-refractivity contribution in [3.8, 4) is 0 Å². The molecular weight excluding hydrogens is 218 g/mol. The molecule has 0 radical (unpaired) electrons. The zero-order valence-corrected chi connectivity index (χ0v) is 9.65. The fourth-order valence-electron chi connectivity index (χ4n) is 1.86. The first-order valence-electron chi connectivity index (χ1n) is 5.78. The molecule has 0 spiro atoms. The van der Waals surface area contributed by atoms with Crippen molar-refractivity contribution in [1.29, 1.82) is 0 Å². The van der Waals surface area contributed by atoms with Gasteiger partial charge in [0.2, 0.25) is 0 Å². The van der Waals surface area contributed by atoms with E-state index >= 15 is 0 Å². The van der Waals surface area contributed by atoms with Crippen LogP contribution >= 0.6 is 0 Å². The minimum atomic E-state index is -0.120. The first-order valence-corrected chi connectivity index (χ1v) is 5.78. The molecule has 1 amide bonds. The standard InChI is InChI=1S/C11H17N5O/c12-14-10-8-9(4-5-13-10)11(17)15-16-6-2-1-3-7-16/h4-5,8H,1-3,6-7,12H2,(H,13,14)(H,15,17). The van der Waals surface area contributed by atoms with Crippen LogP contribution in [0.2, 0.25) is 0 Å². The van der Waals surface area contributed by atoms with Gasteiger partial charge in [-0.25, -0.2) is 15.8 Å². The largest absolute Gasteiger partial charge is 0.308 e. The van der Waals surface area contributed by atoms with E-state index in [9.17, 15) is 4.79 Å². The number of anilines is 1. The predicted molar refractivity (Wildman–Crippen MR) is 64.9 cm³/mol. The molecule has 17 heavy (non-hydrogen) atoms. The summed E-state index contributed by atoms with van der Waals surface area (Å²) < 4.78 is 0. The minimum absolute atomic E-state index is 0.120. The first-order chi connectivity index (χ1) is 8.29. The normalized spacial score (nSPS) is 16.5. The number of hydrogen-bond donors (Lipinski definition) is 3. The van der Waals surface area contributed by atoms with Gasteiger partial charge in [-0.3, -0.25) is 10.2 Å². The molecule has 1 fully saturated rings. The summed E-state index contributed by atoms with van der Waals surface area (Å²) >= 11 is 0. The molecule has 1 saturated heterocycles. The number of hydrazine groups is 2. The van der Waals surface area contributed by atoms with Gasteiger partial charge in [0.05, 0.1) is 0 Å². The predicted octanol–water partition coefficient (Wildman–Crippen LogP) is 0.498. The van der Waals surface area contributed by atoms with Gasteiger partial charge < -0.3 is 5.43 Å². The summed E-state index contributed by atoms with van der Waals surface area (Å²) in [6.07, 6.45) is 5.06. The van der Waals surface area contributed by atoms with Crippen LogP contribution in [0.5, 0.6) is 0 Å². The van der Waals surface area contributed by atoms with Gasteiger partial charge in [-0.2, -0.15) is 0 Å². The van der Waals surface area contributed by atoms with Crippen LogP contribution in [0.15, 0.2) is 18.3 Å². The monoisotopic (exact) mass is 235 g/mol. The number of rotatable bonds is 3. The van der Waals surface area contributed by atoms with Crippen LogP contribution in [0.1, 0.15) is 29.6 Å². The highest BCUT2D eigenvalue weighted by atomic mass is 16.2. The second-order valence-corrected chi connectivity index (χ2v) is 4.06. The zero-order valence-electron chi connectivity index (χ0n) is 9.65. The van der Waals surface area contributed by atoms with Crippen LogP contribution in [0.4, 0.5) is 5.82 Å². The SMILES string of the molecule is NNc1cc(C(=O)NN2CCCCC2)ccn1. The number of nitrogen functional groups attached to an aromatic ring is 1. The van der Waals surface area contributed by atoms with E-state index in [1.807, 2.05) is 5.01 Å². The summed E-state index contributed by atoms with van der Waals surface area (Å²) in [5, 5.41) is 1.96. The van der Waals surface area contributed by atoms with Crippen LogP contribution in [-0.4, -0.2) is 29.0 Å². The summed E-state index contributed by atoms with van der Waals surface area (Å²) in [7, 11) is 0. The molecule has 1 aromatic heterocycles. The molecule has 92 valence electrons. The molecule has 1 aliphatic heterocycles. The van der Waals surface area contributed by atoms with Crippen molar-refractivity contribution in [3.05, 3.63) is 23.9 Å². The van der Waals surface area contributed by atoms with Gasteiger partial charge in [-0.05, 0) is 25.0 Å². The number of pyridine rings is 1. The number of hydrogen-bond acceptors (Lipinski definition) is 5. The second kappa shape index (κ2) is 5.60. The van der Waals surface area contributed by atoms with E-state index in [2.05, 4.69) is 15.8 Å². The molecule has 0 atom stereocenters. The van der Waals surface area contributed by atoms with Crippen molar-refractivity contribution in [2.75, 3.05) is 18.5 Å². The third kappa shape index (κ3) is 3.15. The van der Waals surface area contributed by atoms with Crippen LogP contribution in [0.25, 0.3) is 0 Å². The van der Waals surface area contributed by atoms with Gasteiger partial charge in [0, 0.05) is 24.8 Å². The lowest BCUT2D eigenvalue weighted by Crippen LogP contribution is -2.45. The van der Waals surface area contributed by atoms with Gasteiger partial charge >= 0.3 is 0 Å². The molecule has 0 unspecified atom stereocenters. The maximum Gasteiger partial charge on any atom is 0.265 e. The van der Waals surface area contributed by atoms with E-state index in [-0.39, 0.29) is 5.91 Å². The number of amides is 1. The Morgan fingerprint density at radius 3 is 2.82 bits per heavy atom. The van der Waals surface area contributed by atoms with Crippen molar-refractivity contribution in [2.45, 2.75) is 19.3 Å². The molecule has 6 nitrogen and oxygen atoms in total. The van der Waals surface area contributed by atoms with Crippen LogP contribution < -0.4 is 16.7 Å². The third-order valence-electron chi connectivity index (χ3n) is 2.79. The van der Waals surface area contributed by atoms with Gasteiger partial charge in [0.15, 0.2) is 0 Å². The van der Waals surface area contributed by atoms with Crippen LogP contribution in [0.3, 0.4) is 0 Å². The third-order valence-corrected chi connectivity index (χ3v) is 2.79. The quantitative estimate of drug-likeness (QED) is 0.525. The topological polar surface area (TPSA) is 83.3 Å². The number of carbonyl (C=O) groups excluding carboxylic acids is 1. The number of aromatic nitrogens is 1. The highest BCUT2D eigenvalue weighted by molar-refractivity contribution is 5.94. The van der Waals surface area contributed by atoms with Gasteiger partial charge in [0.1, 0.15) is 5.82 Å². The van der Waals surface area contributed by atoms with E-state index in [4.69, 9.17) is 5.84 Å². The van der Waals surface area contributed by atoms with E-state index < -0.39 is 0 Å². The lowest BCUT2D eigenvalue weighted by atomic mass is 10.2. The molecule has 4 N–H and O–H groups in total. The Bertz CT molecular complexity index is 389. The Morgan fingerprint density at radius 2 is 2.12 bits per heavy atom. The van der Waals surface area contributed by atoms with Crippen LogP contribution in [0, 0.1) is 0 Å². The fraction of sp³-hybridized carbons (Fsp3) is 0.455. The molecule has 6 heteroatoms. The van der Waals surface area contributed by atoms with E-state index in [0.29, 0.717) is 11.4 Å². The number of nitrogens with one attached hydrogen (secondary N) is 2. The highest BCUT2D eigenvalue weighted by Crippen LogP contribution is 2.08. The number of nitrogens with zero attached hydrogens (tertiary/aromatic N) is 2. The smallest absolute Gasteiger partial charge is 0.265 e.